The Hall–Kier alpha value is -2.50. The molecule has 1 aliphatic rings. The average Bonchev–Trinajstić information content (AvgIpc) is 3.11. The van der Waals surface area contributed by atoms with E-state index in [1.165, 1.54) is 7.11 Å². The topological polar surface area (TPSA) is 67.3 Å². The van der Waals surface area contributed by atoms with Gasteiger partial charge >= 0.3 is 5.97 Å². The molecule has 6 nitrogen and oxygen atoms in total. The predicted octanol–water partition coefficient (Wildman–Crippen LogP) is 2.44. The smallest absolute Gasteiger partial charge is 0.339 e. The van der Waals surface area contributed by atoms with Crippen molar-refractivity contribution in [1.29, 1.82) is 0 Å². The van der Waals surface area contributed by atoms with Crippen molar-refractivity contribution < 1.29 is 14.3 Å². The van der Waals surface area contributed by atoms with Gasteiger partial charge in [0.15, 0.2) is 0 Å². The summed E-state index contributed by atoms with van der Waals surface area (Å²) < 4.78 is 6.97. The number of methoxy groups -OCH3 is 1. The average molecular weight is 315 g/mol. The van der Waals surface area contributed by atoms with Crippen molar-refractivity contribution in [2.45, 2.75) is 33.4 Å². The molecule has 1 aliphatic heterocycles. The van der Waals surface area contributed by atoms with E-state index < -0.39 is 5.97 Å². The van der Waals surface area contributed by atoms with Crippen LogP contribution in [0.4, 0.5) is 0 Å². The van der Waals surface area contributed by atoms with E-state index in [0.29, 0.717) is 29.1 Å². The maximum absolute atomic E-state index is 13.0. The molecular weight excluding hydrogens is 294 g/mol. The molecular formula is C17H21N3O3. The molecule has 23 heavy (non-hydrogen) atoms. The van der Waals surface area contributed by atoms with Gasteiger partial charge in [-0.05, 0) is 38.5 Å². The first-order valence-electron chi connectivity index (χ1n) is 7.69. The third kappa shape index (κ3) is 2.34. The second-order valence-corrected chi connectivity index (χ2v) is 5.92. The number of hydrogen-bond acceptors (Lipinski definition) is 3. The van der Waals surface area contributed by atoms with Crippen LogP contribution in [0.1, 0.15) is 50.8 Å². The second kappa shape index (κ2) is 5.61. The van der Waals surface area contributed by atoms with Crippen molar-refractivity contribution in [1.82, 2.24) is 14.5 Å². The number of rotatable bonds is 2. The minimum absolute atomic E-state index is 0.00386. The van der Waals surface area contributed by atoms with Crippen molar-refractivity contribution >= 4 is 11.9 Å². The Morgan fingerprint density at radius 2 is 2.04 bits per heavy atom. The molecule has 2 aromatic rings. The number of aryl methyl sites for hydroxylation is 1. The highest BCUT2D eigenvalue weighted by Crippen LogP contribution is 2.28. The molecule has 0 saturated heterocycles. The molecule has 1 N–H and O–H groups in total. The number of H-pyrrole nitrogens is 1. The summed E-state index contributed by atoms with van der Waals surface area (Å²) in [6.45, 7) is 7.00. The van der Waals surface area contributed by atoms with Gasteiger partial charge in [-0.25, -0.2) is 4.79 Å². The van der Waals surface area contributed by atoms with Crippen LogP contribution in [0.5, 0.6) is 0 Å². The fraction of sp³-hybridized carbons (Fsp3) is 0.412. The van der Waals surface area contributed by atoms with Gasteiger partial charge in [-0.1, -0.05) is 0 Å². The van der Waals surface area contributed by atoms with Gasteiger partial charge in [0.25, 0.3) is 5.91 Å². The van der Waals surface area contributed by atoms with E-state index in [0.717, 1.165) is 12.2 Å². The molecule has 0 radical (unpaired) electrons. The minimum atomic E-state index is -0.420. The van der Waals surface area contributed by atoms with Crippen LogP contribution in [-0.4, -0.2) is 40.0 Å². The highest BCUT2D eigenvalue weighted by molar-refractivity contribution is 6.00. The molecule has 0 unspecified atom stereocenters. The van der Waals surface area contributed by atoms with Gasteiger partial charge in [-0.2, -0.15) is 0 Å². The predicted molar refractivity (Wildman–Crippen MR) is 85.5 cm³/mol. The Morgan fingerprint density at radius 1 is 1.30 bits per heavy atom. The molecule has 0 fully saturated rings. The standard InChI is InChI=1S/C17H21N3O3/c1-10-14(17(22)23-4)11(2)18-15(10)16(21)20-9-8-19-7-5-6-13(19)12(20)3/h5-7,12,18H,8-9H2,1-4H3/t12-/m0/s1. The van der Waals surface area contributed by atoms with Gasteiger partial charge in [0.2, 0.25) is 0 Å². The first-order chi connectivity index (χ1) is 11.0. The van der Waals surface area contributed by atoms with E-state index in [1.54, 1.807) is 13.8 Å². The van der Waals surface area contributed by atoms with Crippen LogP contribution in [0.2, 0.25) is 0 Å². The van der Waals surface area contributed by atoms with Gasteiger partial charge in [0, 0.05) is 30.7 Å². The van der Waals surface area contributed by atoms with Crippen molar-refractivity contribution in [3.05, 3.63) is 46.5 Å². The molecule has 1 atom stereocenters. The maximum Gasteiger partial charge on any atom is 0.339 e. The summed E-state index contributed by atoms with van der Waals surface area (Å²) in [5.41, 5.74) is 3.34. The van der Waals surface area contributed by atoms with Gasteiger partial charge in [0.1, 0.15) is 5.69 Å². The quantitative estimate of drug-likeness (QED) is 0.866. The molecule has 3 rings (SSSR count). The molecule has 0 aromatic carbocycles. The lowest BCUT2D eigenvalue weighted by Gasteiger charge is -2.34. The van der Waals surface area contributed by atoms with Gasteiger partial charge < -0.3 is 19.2 Å². The molecule has 2 aromatic heterocycles. The Labute approximate surface area is 135 Å². The van der Waals surface area contributed by atoms with E-state index in [1.807, 2.05) is 30.2 Å². The van der Waals surface area contributed by atoms with E-state index in [4.69, 9.17) is 4.74 Å². The monoisotopic (exact) mass is 315 g/mol. The Balaban J connectivity index is 1.94. The van der Waals surface area contributed by atoms with Crippen molar-refractivity contribution in [2.24, 2.45) is 0 Å². The van der Waals surface area contributed by atoms with E-state index >= 15 is 0 Å². The van der Waals surface area contributed by atoms with Gasteiger partial charge in [0.05, 0.1) is 18.7 Å². The molecule has 1 amide bonds. The third-order valence-electron chi connectivity index (χ3n) is 4.64. The van der Waals surface area contributed by atoms with Crippen LogP contribution in [0.25, 0.3) is 0 Å². The summed E-state index contributed by atoms with van der Waals surface area (Å²) in [6, 6.07) is 4.03. The zero-order chi connectivity index (χ0) is 16.7. The highest BCUT2D eigenvalue weighted by atomic mass is 16.5. The number of fused-ring (bicyclic) bond motifs is 1. The first-order valence-corrected chi connectivity index (χ1v) is 7.69. The Bertz CT molecular complexity index is 772. The number of ether oxygens (including phenoxy) is 1. The number of aromatic amines is 1. The number of nitrogens with zero attached hydrogens (tertiary/aromatic N) is 2. The summed E-state index contributed by atoms with van der Waals surface area (Å²) in [5.74, 6) is -0.503. The highest BCUT2D eigenvalue weighted by Gasteiger charge is 2.31. The minimum Gasteiger partial charge on any atom is -0.465 e. The van der Waals surface area contributed by atoms with Gasteiger partial charge in [-0.15, -0.1) is 0 Å². The number of carbonyl (C=O) groups excluding carboxylic acids is 2. The Morgan fingerprint density at radius 3 is 2.74 bits per heavy atom. The van der Waals surface area contributed by atoms with Crippen LogP contribution in [0.15, 0.2) is 18.3 Å². The second-order valence-electron chi connectivity index (χ2n) is 5.92. The van der Waals surface area contributed by atoms with E-state index in [-0.39, 0.29) is 11.9 Å². The van der Waals surface area contributed by atoms with Crippen LogP contribution < -0.4 is 0 Å². The number of amides is 1. The van der Waals surface area contributed by atoms with Crippen LogP contribution in [0, 0.1) is 13.8 Å². The number of aromatic nitrogens is 2. The molecule has 6 heteroatoms. The SMILES string of the molecule is COC(=O)c1c(C)[nH]c(C(=O)N2CCn3cccc3[C@@H]2C)c1C. The third-order valence-corrected chi connectivity index (χ3v) is 4.64. The number of hydrogen-bond donors (Lipinski definition) is 1. The lowest BCUT2D eigenvalue weighted by atomic mass is 10.1. The van der Waals surface area contributed by atoms with Crippen LogP contribution >= 0.6 is 0 Å². The zero-order valence-electron chi connectivity index (χ0n) is 13.8. The van der Waals surface area contributed by atoms with Gasteiger partial charge in [-0.3, -0.25) is 4.79 Å². The number of esters is 1. The maximum atomic E-state index is 13.0. The lowest BCUT2D eigenvalue weighted by molar-refractivity contribution is 0.0599. The number of nitrogens with one attached hydrogen (secondary N) is 1. The largest absolute Gasteiger partial charge is 0.465 e. The van der Waals surface area contributed by atoms with E-state index in [2.05, 4.69) is 9.55 Å². The zero-order valence-corrected chi connectivity index (χ0v) is 13.8. The molecule has 0 saturated carbocycles. The molecule has 0 aliphatic carbocycles. The number of carbonyl (C=O) groups is 2. The summed E-state index contributed by atoms with van der Waals surface area (Å²) >= 11 is 0. The molecule has 122 valence electrons. The fourth-order valence-corrected chi connectivity index (χ4v) is 3.37. The molecule has 0 bridgehead atoms. The van der Waals surface area contributed by atoms with Crippen LogP contribution in [-0.2, 0) is 11.3 Å². The molecule has 0 spiro atoms. The summed E-state index contributed by atoms with van der Waals surface area (Å²) in [7, 11) is 1.34. The summed E-state index contributed by atoms with van der Waals surface area (Å²) in [5, 5.41) is 0. The van der Waals surface area contributed by atoms with Crippen molar-refractivity contribution in [3.8, 4) is 0 Å². The molecule has 3 heterocycles. The Kier molecular flexibility index (Phi) is 3.75. The van der Waals surface area contributed by atoms with Crippen molar-refractivity contribution in [2.75, 3.05) is 13.7 Å². The summed E-state index contributed by atoms with van der Waals surface area (Å²) in [6.07, 6.45) is 2.03. The lowest BCUT2D eigenvalue weighted by Crippen LogP contribution is -2.41. The normalized spacial score (nSPS) is 17.0. The van der Waals surface area contributed by atoms with E-state index in [9.17, 15) is 9.59 Å². The van der Waals surface area contributed by atoms with Crippen molar-refractivity contribution in [3.63, 3.8) is 0 Å². The fourth-order valence-electron chi connectivity index (χ4n) is 3.37. The van der Waals surface area contributed by atoms with Crippen LogP contribution in [0.3, 0.4) is 0 Å². The first kappa shape index (κ1) is 15.4. The summed E-state index contributed by atoms with van der Waals surface area (Å²) in [4.78, 5) is 29.8.